The fraction of sp³-hybridized carbons (Fsp3) is 0.121. The quantitative estimate of drug-likeness (QED) is 0.0768. The summed E-state index contributed by atoms with van der Waals surface area (Å²) in [7, 11) is 1.56. The van der Waals surface area contributed by atoms with Crippen LogP contribution in [0.4, 0.5) is 17.1 Å². The molecule has 44 heavy (non-hydrogen) atoms. The van der Waals surface area contributed by atoms with Crippen molar-refractivity contribution in [3.63, 3.8) is 0 Å². The second-order valence-corrected chi connectivity index (χ2v) is 11.0. The Bertz CT molecular complexity index is 1690. The molecule has 0 saturated carbocycles. The molecule has 0 aromatic heterocycles. The van der Waals surface area contributed by atoms with Gasteiger partial charge in [-0.05, 0) is 85.6 Å². The van der Waals surface area contributed by atoms with Crippen molar-refractivity contribution in [1.29, 1.82) is 0 Å². The predicted molar refractivity (Wildman–Crippen MR) is 172 cm³/mol. The van der Waals surface area contributed by atoms with Crippen molar-refractivity contribution in [2.24, 2.45) is 0 Å². The Labute approximate surface area is 258 Å². The summed E-state index contributed by atoms with van der Waals surface area (Å²) in [6.45, 7) is 3.44. The van der Waals surface area contributed by atoms with Crippen LogP contribution in [0.15, 0.2) is 108 Å². The minimum absolute atomic E-state index is 0.0444. The molecule has 0 radical (unpaired) electrons. The fourth-order valence-corrected chi connectivity index (χ4v) is 4.89. The zero-order valence-electron chi connectivity index (χ0n) is 24.2. The predicted octanol–water partition coefficient (Wildman–Crippen LogP) is 6.44. The maximum atomic E-state index is 13.3. The number of rotatable bonds is 11. The summed E-state index contributed by atoms with van der Waals surface area (Å²) in [5.74, 6) is -0.542. The van der Waals surface area contributed by atoms with Crippen molar-refractivity contribution in [2.45, 2.75) is 24.0 Å². The molecule has 1 atom stereocenters. The number of nitro groups is 1. The number of hydrogen-bond acceptors (Lipinski definition) is 7. The first-order valence-corrected chi connectivity index (χ1v) is 14.4. The van der Waals surface area contributed by atoms with E-state index < -0.39 is 22.0 Å². The number of carbonyl (C=O) groups excluding carboxylic acids is 3. The third kappa shape index (κ3) is 8.55. The highest BCUT2D eigenvalue weighted by molar-refractivity contribution is 8.00. The molecule has 3 N–H and O–H groups in total. The largest absolute Gasteiger partial charge is 0.497 e. The van der Waals surface area contributed by atoms with E-state index in [1.54, 1.807) is 106 Å². The van der Waals surface area contributed by atoms with Gasteiger partial charge < -0.3 is 20.7 Å². The van der Waals surface area contributed by atoms with Crippen LogP contribution in [0.3, 0.4) is 0 Å². The van der Waals surface area contributed by atoms with E-state index in [0.717, 1.165) is 4.90 Å². The molecule has 4 aromatic rings. The number of nitrogens with one attached hydrogen (secondary N) is 3. The highest BCUT2D eigenvalue weighted by Crippen LogP contribution is 2.27. The van der Waals surface area contributed by atoms with Crippen molar-refractivity contribution in [3.8, 4) is 5.75 Å². The standard InChI is InChI=1S/C33H30N4O6S/c1-21-19-26(37(41)42)13-18-29(21)35-31(38)22(2)44-28-16-11-25(12-17-28)34-33(40)30(20-23-9-14-27(43-3)15-10-23)36-32(39)24-7-5-4-6-8-24/h4-20,22H,1-3H3,(H,34,40)(H,35,38)(H,36,39)/b30-20-. The number of non-ortho nitro benzene ring substituents is 1. The molecule has 10 nitrogen and oxygen atoms in total. The molecule has 0 heterocycles. The van der Waals surface area contributed by atoms with Gasteiger partial charge in [0.2, 0.25) is 5.91 Å². The van der Waals surface area contributed by atoms with Gasteiger partial charge in [0.25, 0.3) is 17.5 Å². The fourth-order valence-electron chi connectivity index (χ4n) is 4.02. The summed E-state index contributed by atoms with van der Waals surface area (Å²) in [4.78, 5) is 50.2. The molecule has 4 rings (SSSR count). The van der Waals surface area contributed by atoms with Gasteiger partial charge in [0.05, 0.1) is 17.3 Å². The normalized spacial score (nSPS) is 11.7. The molecular weight excluding hydrogens is 580 g/mol. The van der Waals surface area contributed by atoms with E-state index in [0.29, 0.717) is 33.8 Å². The number of methoxy groups -OCH3 is 1. The third-order valence-corrected chi connectivity index (χ3v) is 7.54. The van der Waals surface area contributed by atoms with Crippen LogP contribution in [-0.4, -0.2) is 35.0 Å². The maximum absolute atomic E-state index is 13.3. The highest BCUT2D eigenvalue weighted by Gasteiger charge is 2.18. The van der Waals surface area contributed by atoms with Gasteiger partial charge in [0.1, 0.15) is 11.4 Å². The monoisotopic (exact) mass is 610 g/mol. The molecule has 0 spiro atoms. The van der Waals surface area contributed by atoms with Gasteiger partial charge in [-0.3, -0.25) is 24.5 Å². The van der Waals surface area contributed by atoms with E-state index in [2.05, 4.69) is 16.0 Å². The van der Waals surface area contributed by atoms with Crippen molar-refractivity contribution >= 4 is 52.6 Å². The first-order chi connectivity index (χ1) is 21.1. The molecule has 1 unspecified atom stereocenters. The average molecular weight is 611 g/mol. The van der Waals surface area contributed by atoms with Gasteiger partial charge in [-0.15, -0.1) is 11.8 Å². The van der Waals surface area contributed by atoms with Gasteiger partial charge in [-0.25, -0.2) is 0 Å². The van der Waals surface area contributed by atoms with Crippen LogP contribution in [0, 0.1) is 17.0 Å². The van der Waals surface area contributed by atoms with Crippen LogP contribution in [0.2, 0.25) is 0 Å². The van der Waals surface area contributed by atoms with E-state index in [-0.39, 0.29) is 17.3 Å². The van der Waals surface area contributed by atoms with E-state index >= 15 is 0 Å². The first kappa shape index (κ1) is 31.5. The van der Waals surface area contributed by atoms with Crippen LogP contribution >= 0.6 is 11.8 Å². The molecule has 0 saturated heterocycles. The van der Waals surface area contributed by atoms with Crippen LogP contribution in [0.25, 0.3) is 6.08 Å². The lowest BCUT2D eigenvalue weighted by atomic mass is 10.1. The molecule has 4 aromatic carbocycles. The van der Waals surface area contributed by atoms with Gasteiger partial charge in [-0.2, -0.15) is 0 Å². The van der Waals surface area contributed by atoms with Crippen molar-refractivity contribution in [2.75, 3.05) is 17.7 Å². The molecule has 0 bridgehead atoms. The Morgan fingerprint density at radius 1 is 0.909 bits per heavy atom. The zero-order valence-corrected chi connectivity index (χ0v) is 25.0. The molecule has 0 aliphatic rings. The van der Waals surface area contributed by atoms with Gasteiger partial charge in [-0.1, -0.05) is 30.3 Å². The lowest BCUT2D eigenvalue weighted by Gasteiger charge is -2.14. The second kappa shape index (κ2) is 14.7. The Kier molecular flexibility index (Phi) is 10.5. The Morgan fingerprint density at radius 3 is 2.20 bits per heavy atom. The number of anilines is 2. The Balaban J connectivity index is 1.42. The smallest absolute Gasteiger partial charge is 0.272 e. The number of aryl methyl sites for hydroxylation is 1. The van der Waals surface area contributed by atoms with E-state index in [9.17, 15) is 24.5 Å². The molecule has 11 heteroatoms. The lowest BCUT2D eigenvalue weighted by molar-refractivity contribution is -0.384. The first-order valence-electron chi connectivity index (χ1n) is 13.5. The summed E-state index contributed by atoms with van der Waals surface area (Å²) < 4.78 is 5.20. The molecule has 0 aliphatic heterocycles. The van der Waals surface area contributed by atoms with Crippen molar-refractivity contribution in [3.05, 3.63) is 130 Å². The number of thioether (sulfide) groups is 1. The molecule has 224 valence electrons. The third-order valence-electron chi connectivity index (χ3n) is 6.43. The number of hydrogen-bond donors (Lipinski definition) is 3. The van der Waals surface area contributed by atoms with E-state index in [1.165, 1.54) is 30.0 Å². The second-order valence-electron chi connectivity index (χ2n) is 9.64. The lowest BCUT2D eigenvalue weighted by Crippen LogP contribution is -2.30. The minimum Gasteiger partial charge on any atom is -0.497 e. The van der Waals surface area contributed by atoms with Gasteiger partial charge >= 0.3 is 0 Å². The Morgan fingerprint density at radius 2 is 1.59 bits per heavy atom. The minimum atomic E-state index is -0.517. The summed E-state index contributed by atoms with van der Waals surface area (Å²) in [6.07, 6.45) is 1.58. The number of ether oxygens (including phenoxy) is 1. The summed E-state index contributed by atoms with van der Waals surface area (Å²) >= 11 is 1.32. The van der Waals surface area contributed by atoms with Crippen LogP contribution in [-0.2, 0) is 9.59 Å². The van der Waals surface area contributed by atoms with Gasteiger partial charge in [0, 0.05) is 34.0 Å². The molecule has 0 fully saturated rings. The van der Waals surface area contributed by atoms with Crippen LogP contribution < -0.4 is 20.7 Å². The highest BCUT2D eigenvalue weighted by atomic mass is 32.2. The van der Waals surface area contributed by atoms with Crippen LogP contribution in [0.5, 0.6) is 5.75 Å². The number of carbonyl (C=O) groups is 3. The molecule has 0 aliphatic carbocycles. The summed E-state index contributed by atoms with van der Waals surface area (Å²) in [5.41, 5.74) is 2.68. The number of nitro benzene ring substituents is 1. The molecule has 3 amide bonds. The summed E-state index contributed by atoms with van der Waals surface area (Å²) in [6, 6.07) is 26.9. The van der Waals surface area contributed by atoms with E-state index in [4.69, 9.17) is 4.74 Å². The van der Waals surface area contributed by atoms with Gasteiger partial charge in [0.15, 0.2) is 0 Å². The molecular formula is C33H30N4O6S. The number of amides is 3. The number of nitrogens with zero attached hydrogens (tertiary/aromatic N) is 1. The Hall–Kier alpha value is -5.42. The van der Waals surface area contributed by atoms with E-state index in [1.807, 2.05) is 0 Å². The summed E-state index contributed by atoms with van der Waals surface area (Å²) in [5, 5.41) is 18.8. The van der Waals surface area contributed by atoms with Crippen molar-refractivity contribution < 1.29 is 24.0 Å². The SMILES string of the molecule is COc1ccc(/C=C(\NC(=O)c2ccccc2)C(=O)Nc2ccc(SC(C)C(=O)Nc3ccc([N+](=O)[O-])cc3C)cc2)cc1. The van der Waals surface area contributed by atoms with Crippen LogP contribution in [0.1, 0.15) is 28.4 Å². The number of benzene rings is 4. The van der Waals surface area contributed by atoms with Crippen molar-refractivity contribution in [1.82, 2.24) is 5.32 Å². The average Bonchev–Trinajstić information content (AvgIpc) is 3.03. The topological polar surface area (TPSA) is 140 Å². The maximum Gasteiger partial charge on any atom is 0.272 e. The zero-order chi connectivity index (χ0) is 31.6.